The minimum absolute atomic E-state index is 0.374. The molecule has 1 amide bonds. The predicted molar refractivity (Wildman–Crippen MR) is 273 cm³/mol. The minimum atomic E-state index is -1.10. The number of carbonyl (C=O) groups is 1. The smallest absolute Gasteiger partial charge is 0.249 e. The Kier molecular flexibility index (Phi) is 51.0. The van der Waals surface area contributed by atoms with E-state index < -0.39 is 24.2 Å². The Morgan fingerprint density at radius 3 is 0.984 bits per heavy atom. The van der Waals surface area contributed by atoms with Crippen molar-refractivity contribution in [1.82, 2.24) is 5.32 Å². The van der Waals surface area contributed by atoms with E-state index in [1.165, 1.54) is 238 Å². The number of unbranched alkanes of at least 4 members (excludes halogenated alkanes) is 39. The average molecular weight is 873 g/mol. The van der Waals surface area contributed by atoms with Crippen molar-refractivity contribution in [3.8, 4) is 0 Å². The largest absolute Gasteiger partial charge is 0.394 e. The van der Waals surface area contributed by atoms with Gasteiger partial charge in [-0.1, -0.05) is 275 Å². The van der Waals surface area contributed by atoms with E-state index in [-0.39, 0.29) is 6.61 Å². The number of allylic oxidation sites excluding steroid dienone is 5. The molecule has 3 atom stereocenters. The average Bonchev–Trinajstić information content (AvgIpc) is 3.28. The highest BCUT2D eigenvalue weighted by molar-refractivity contribution is 5.80. The quantitative estimate of drug-likeness (QED) is 0.0362. The molecule has 0 aromatic rings. The molecule has 0 heterocycles. The van der Waals surface area contributed by atoms with Crippen molar-refractivity contribution in [2.75, 3.05) is 6.61 Å². The summed E-state index contributed by atoms with van der Waals surface area (Å²) in [5.74, 6) is -0.509. The zero-order valence-electron chi connectivity index (χ0n) is 41.8. The summed E-state index contributed by atoms with van der Waals surface area (Å²) in [6.45, 7) is 4.19. The normalized spacial score (nSPS) is 13.6. The molecule has 0 aromatic heterocycles. The van der Waals surface area contributed by atoms with Gasteiger partial charge in [-0.25, -0.2) is 0 Å². The van der Waals surface area contributed by atoms with Crippen LogP contribution in [0.3, 0.4) is 0 Å². The third-order valence-electron chi connectivity index (χ3n) is 13.0. The van der Waals surface area contributed by atoms with Gasteiger partial charge >= 0.3 is 0 Å². The van der Waals surface area contributed by atoms with E-state index >= 15 is 0 Å². The first-order valence-electron chi connectivity index (χ1n) is 27.8. The molecular formula is C57H109NO4. The summed E-state index contributed by atoms with van der Waals surface area (Å²) in [4.78, 5) is 12.5. The summed E-state index contributed by atoms with van der Waals surface area (Å²) in [6, 6.07) is -0.813. The lowest BCUT2D eigenvalue weighted by molar-refractivity contribution is -0.131. The fourth-order valence-corrected chi connectivity index (χ4v) is 8.61. The van der Waals surface area contributed by atoms with Crippen molar-refractivity contribution in [2.24, 2.45) is 0 Å². The van der Waals surface area contributed by atoms with Gasteiger partial charge in [-0.15, -0.1) is 0 Å². The predicted octanol–water partition coefficient (Wildman–Crippen LogP) is 17.1. The van der Waals surface area contributed by atoms with Crippen molar-refractivity contribution in [1.29, 1.82) is 0 Å². The molecule has 4 N–H and O–H groups in total. The first-order valence-corrected chi connectivity index (χ1v) is 27.8. The molecule has 0 spiro atoms. The number of rotatable bonds is 51. The number of aliphatic hydroxyl groups excluding tert-OH is 3. The maximum Gasteiger partial charge on any atom is 0.249 e. The lowest BCUT2D eigenvalue weighted by Gasteiger charge is -2.21. The van der Waals surface area contributed by atoms with Crippen molar-refractivity contribution < 1.29 is 20.1 Å². The van der Waals surface area contributed by atoms with Crippen LogP contribution in [0.1, 0.15) is 296 Å². The number of nitrogens with one attached hydrogen (secondary N) is 1. The molecule has 3 unspecified atom stereocenters. The molecule has 5 nitrogen and oxygen atoms in total. The third kappa shape index (κ3) is 46.6. The van der Waals surface area contributed by atoms with Gasteiger partial charge in [0, 0.05) is 0 Å². The molecule has 0 saturated carbocycles. The molecule has 62 heavy (non-hydrogen) atoms. The van der Waals surface area contributed by atoms with E-state index in [2.05, 4.69) is 43.5 Å². The minimum Gasteiger partial charge on any atom is -0.394 e. The van der Waals surface area contributed by atoms with Gasteiger partial charge < -0.3 is 20.6 Å². The summed E-state index contributed by atoms with van der Waals surface area (Å²) in [6.07, 6.45) is 68.0. The molecule has 0 aliphatic carbocycles. The highest BCUT2D eigenvalue weighted by Gasteiger charge is 2.22. The van der Waals surface area contributed by atoms with Gasteiger partial charge in [-0.05, 0) is 57.8 Å². The topological polar surface area (TPSA) is 89.8 Å². The molecule has 0 saturated heterocycles. The molecule has 0 aromatic carbocycles. The zero-order valence-corrected chi connectivity index (χ0v) is 41.8. The molecule has 0 aliphatic rings. The Morgan fingerprint density at radius 1 is 0.387 bits per heavy atom. The van der Waals surface area contributed by atoms with Gasteiger partial charge in [0.2, 0.25) is 5.91 Å². The Bertz CT molecular complexity index is 962. The molecule has 0 radical (unpaired) electrons. The van der Waals surface area contributed by atoms with Crippen LogP contribution >= 0.6 is 0 Å². The standard InChI is InChI=1S/C57H109NO4/c1-3-5-7-9-11-13-15-17-19-21-22-23-24-25-26-27-28-29-30-31-32-33-34-35-36-38-40-42-44-46-48-50-52-56(61)57(62)58-54(53-59)55(60)51-49-47-45-43-41-39-37-20-18-16-14-12-10-8-6-4-2/h25-26,41,43,49,51,54-56,59-61H,3-24,27-40,42,44-48,50,52-53H2,1-2H3,(H,58,62)/b26-25-,43-41+,51-49+. The van der Waals surface area contributed by atoms with Gasteiger partial charge in [0.1, 0.15) is 6.10 Å². The van der Waals surface area contributed by atoms with Crippen LogP contribution < -0.4 is 5.32 Å². The van der Waals surface area contributed by atoms with Crippen LogP contribution in [0, 0.1) is 0 Å². The number of hydrogen-bond acceptors (Lipinski definition) is 4. The Hall–Kier alpha value is -1.43. The van der Waals surface area contributed by atoms with E-state index in [9.17, 15) is 20.1 Å². The van der Waals surface area contributed by atoms with Crippen molar-refractivity contribution >= 4 is 5.91 Å². The Balaban J connectivity index is 3.54. The van der Waals surface area contributed by atoms with E-state index in [4.69, 9.17) is 0 Å². The second kappa shape index (κ2) is 52.2. The first kappa shape index (κ1) is 60.6. The van der Waals surface area contributed by atoms with Crippen molar-refractivity contribution in [2.45, 2.75) is 315 Å². The second-order valence-corrected chi connectivity index (χ2v) is 19.1. The van der Waals surface area contributed by atoms with Crippen LogP contribution in [0.4, 0.5) is 0 Å². The van der Waals surface area contributed by atoms with E-state index in [1.807, 2.05) is 6.08 Å². The van der Waals surface area contributed by atoms with Gasteiger partial charge in [0.15, 0.2) is 0 Å². The highest BCUT2D eigenvalue weighted by Crippen LogP contribution is 2.17. The zero-order chi connectivity index (χ0) is 45.1. The lowest BCUT2D eigenvalue weighted by atomic mass is 10.0. The maximum absolute atomic E-state index is 12.5. The summed E-state index contributed by atoms with van der Waals surface area (Å²) in [5, 5.41) is 33.3. The van der Waals surface area contributed by atoms with Gasteiger partial charge in [0.25, 0.3) is 0 Å². The lowest BCUT2D eigenvalue weighted by Crippen LogP contribution is -2.48. The summed E-state index contributed by atoms with van der Waals surface area (Å²) >= 11 is 0. The Labute approximate surface area is 387 Å². The van der Waals surface area contributed by atoms with E-state index in [0.29, 0.717) is 6.42 Å². The third-order valence-corrected chi connectivity index (χ3v) is 13.0. The van der Waals surface area contributed by atoms with E-state index in [0.717, 1.165) is 38.5 Å². The molecule has 5 heteroatoms. The van der Waals surface area contributed by atoms with Crippen LogP contribution in [-0.2, 0) is 4.79 Å². The number of hydrogen-bond donors (Lipinski definition) is 4. The van der Waals surface area contributed by atoms with Crippen LogP contribution in [0.2, 0.25) is 0 Å². The van der Waals surface area contributed by atoms with Crippen molar-refractivity contribution in [3.63, 3.8) is 0 Å². The highest BCUT2D eigenvalue weighted by atomic mass is 16.3. The van der Waals surface area contributed by atoms with Crippen LogP contribution in [0.25, 0.3) is 0 Å². The van der Waals surface area contributed by atoms with Gasteiger partial charge in [0.05, 0.1) is 18.8 Å². The van der Waals surface area contributed by atoms with Gasteiger partial charge in [-0.2, -0.15) is 0 Å². The molecular weight excluding hydrogens is 763 g/mol. The fraction of sp³-hybridized carbons (Fsp3) is 0.877. The molecule has 366 valence electrons. The number of carbonyl (C=O) groups excluding carboxylic acids is 1. The van der Waals surface area contributed by atoms with Crippen LogP contribution in [-0.4, -0.2) is 46.1 Å². The molecule has 0 rings (SSSR count). The maximum atomic E-state index is 12.5. The fourth-order valence-electron chi connectivity index (χ4n) is 8.61. The Morgan fingerprint density at radius 2 is 0.661 bits per heavy atom. The number of aliphatic hydroxyl groups is 3. The second-order valence-electron chi connectivity index (χ2n) is 19.1. The summed E-state index contributed by atoms with van der Waals surface area (Å²) in [7, 11) is 0. The van der Waals surface area contributed by atoms with Gasteiger partial charge in [-0.3, -0.25) is 4.79 Å². The van der Waals surface area contributed by atoms with Crippen LogP contribution in [0.5, 0.6) is 0 Å². The monoisotopic (exact) mass is 872 g/mol. The number of amides is 1. The molecule has 0 fully saturated rings. The molecule has 0 aliphatic heterocycles. The molecule has 0 bridgehead atoms. The first-order chi connectivity index (χ1) is 30.6. The SMILES string of the molecule is CCCCCCCCCCCC/C=C/CC/C=C/C(O)C(CO)NC(=O)C(O)CCCCCCCCCCCCCCCCCC/C=C\CCCCCCCCCCCCCC. The summed E-state index contributed by atoms with van der Waals surface area (Å²) in [5.41, 5.74) is 0. The van der Waals surface area contributed by atoms with Crippen LogP contribution in [0.15, 0.2) is 36.5 Å². The van der Waals surface area contributed by atoms with E-state index in [1.54, 1.807) is 6.08 Å². The van der Waals surface area contributed by atoms with Crippen molar-refractivity contribution in [3.05, 3.63) is 36.5 Å². The summed E-state index contributed by atoms with van der Waals surface area (Å²) < 4.78 is 0.